The zero-order chi connectivity index (χ0) is 21.1. The minimum Gasteiger partial charge on any atom is -0.481 e. The van der Waals surface area contributed by atoms with Crippen molar-refractivity contribution in [2.24, 2.45) is 5.92 Å². The van der Waals surface area contributed by atoms with Gasteiger partial charge in [0.2, 0.25) is 0 Å². The number of ether oxygens (including phenoxy) is 3. The summed E-state index contributed by atoms with van der Waals surface area (Å²) in [6, 6.07) is 0. The molecule has 0 saturated carbocycles. The molecule has 0 amide bonds. The molecule has 2 aliphatic rings. The van der Waals surface area contributed by atoms with Gasteiger partial charge in [-0.2, -0.15) is 0 Å². The molecule has 2 rings (SSSR count). The fourth-order valence-corrected chi connectivity index (χ4v) is 3.97. The molecule has 6 heteroatoms. The van der Waals surface area contributed by atoms with Crippen LogP contribution < -0.4 is 0 Å². The van der Waals surface area contributed by atoms with Crippen LogP contribution in [0.2, 0.25) is 0 Å². The Labute approximate surface area is 175 Å². The summed E-state index contributed by atoms with van der Waals surface area (Å²) in [5, 5.41) is 8.81. The van der Waals surface area contributed by atoms with Crippen LogP contribution in [0.1, 0.15) is 97.3 Å². The monoisotopic (exact) mass is 412 g/mol. The van der Waals surface area contributed by atoms with Crippen LogP contribution in [-0.4, -0.2) is 48.1 Å². The second-order valence-electron chi connectivity index (χ2n) is 8.62. The lowest BCUT2D eigenvalue weighted by atomic mass is 9.94. The van der Waals surface area contributed by atoms with E-state index in [1.807, 2.05) is 0 Å². The summed E-state index contributed by atoms with van der Waals surface area (Å²) in [7, 11) is 0. The van der Waals surface area contributed by atoms with E-state index < -0.39 is 5.97 Å². The number of esters is 1. The number of aliphatic carboxylic acids is 1. The van der Waals surface area contributed by atoms with E-state index in [1.54, 1.807) is 0 Å². The molecule has 0 aliphatic carbocycles. The number of hydrogen-bond donors (Lipinski definition) is 1. The van der Waals surface area contributed by atoms with Crippen LogP contribution in [0.25, 0.3) is 0 Å². The van der Waals surface area contributed by atoms with Crippen molar-refractivity contribution in [3.05, 3.63) is 0 Å². The Kier molecular flexibility index (Phi) is 11.0. The van der Waals surface area contributed by atoms with Gasteiger partial charge in [-0.1, -0.05) is 58.8 Å². The predicted molar refractivity (Wildman–Crippen MR) is 111 cm³/mol. The third-order valence-electron chi connectivity index (χ3n) is 5.99. The van der Waals surface area contributed by atoms with Crippen molar-refractivity contribution in [1.29, 1.82) is 0 Å². The molecule has 6 nitrogen and oxygen atoms in total. The summed E-state index contributed by atoms with van der Waals surface area (Å²) in [5.41, 5.74) is 0. The molecule has 0 aromatic rings. The molecule has 2 fully saturated rings. The van der Waals surface area contributed by atoms with Gasteiger partial charge in [-0.15, -0.1) is 0 Å². The Morgan fingerprint density at radius 2 is 1.48 bits per heavy atom. The summed E-state index contributed by atoms with van der Waals surface area (Å²) < 4.78 is 17.0. The number of unbranched alkanes of at least 4 members (excludes halogenated alkanes) is 5. The lowest BCUT2D eigenvalue weighted by Crippen LogP contribution is -2.22. The minimum absolute atomic E-state index is 0.0578. The van der Waals surface area contributed by atoms with E-state index in [0.29, 0.717) is 25.9 Å². The summed E-state index contributed by atoms with van der Waals surface area (Å²) in [6.07, 6.45) is 12.8. The number of rotatable bonds is 18. The zero-order valence-corrected chi connectivity index (χ0v) is 18.3. The normalized spacial score (nSPS) is 26.1. The molecule has 1 N–H and O–H groups in total. The fourth-order valence-electron chi connectivity index (χ4n) is 3.97. The molecule has 5 atom stereocenters. The largest absolute Gasteiger partial charge is 0.481 e. The van der Waals surface area contributed by atoms with Gasteiger partial charge in [0.25, 0.3) is 0 Å². The van der Waals surface area contributed by atoms with Crippen molar-refractivity contribution in [3.63, 3.8) is 0 Å². The van der Waals surface area contributed by atoms with Crippen LogP contribution in [0.3, 0.4) is 0 Å². The van der Waals surface area contributed by atoms with E-state index in [-0.39, 0.29) is 42.7 Å². The van der Waals surface area contributed by atoms with Gasteiger partial charge in [-0.25, -0.2) is 0 Å². The Bertz CT molecular complexity index is 494. The number of carbonyl (C=O) groups is 2. The molecule has 0 radical (unpaired) electrons. The molecule has 168 valence electrons. The summed E-state index contributed by atoms with van der Waals surface area (Å²) in [4.78, 5) is 23.4. The van der Waals surface area contributed by atoms with Crippen LogP contribution in [0, 0.1) is 5.92 Å². The third kappa shape index (κ3) is 9.94. The molecule has 0 aromatic heterocycles. The van der Waals surface area contributed by atoms with Crippen LogP contribution in [0.5, 0.6) is 0 Å². The van der Waals surface area contributed by atoms with E-state index in [2.05, 4.69) is 13.8 Å². The second-order valence-corrected chi connectivity index (χ2v) is 8.62. The maximum atomic E-state index is 12.7. The highest BCUT2D eigenvalue weighted by Gasteiger charge is 2.42. The van der Waals surface area contributed by atoms with E-state index in [1.165, 1.54) is 32.1 Å². The number of epoxide rings is 2. The molecule has 0 spiro atoms. The smallest absolute Gasteiger partial charge is 0.309 e. The van der Waals surface area contributed by atoms with Gasteiger partial charge in [0.1, 0.15) is 12.7 Å². The summed E-state index contributed by atoms with van der Waals surface area (Å²) in [6.45, 7) is 4.71. The van der Waals surface area contributed by atoms with Gasteiger partial charge >= 0.3 is 11.9 Å². The van der Waals surface area contributed by atoms with Gasteiger partial charge in [-0.05, 0) is 32.1 Å². The minimum atomic E-state index is -0.786. The lowest BCUT2D eigenvalue weighted by Gasteiger charge is -2.14. The second kappa shape index (κ2) is 13.2. The first-order valence-electron chi connectivity index (χ1n) is 11.7. The standard InChI is InChI=1S/C23H40O6/c1-3-5-7-12-18-20(28-18)15-17(11-9-10-14-22(24)25)23(26)27-16-21-19(29-21)13-8-6-4-2/h17-21H,3-16H2,1-2H3,(H,24,25). The van der Waals surface area contributed by atoms with Crippen LogP contribution >= 0.6 is 0 Å². The van der Waals surface area contributed by atoms with Crippen LogP contribution in [0.15, 0.2) is 0 Å². The van der Waals surface area contributed by atoms with E-state index >= 15 is 0 Å². The van der Waals surface area contributed by atoms with Crippen molar-refractivity contribution in [2.75, 3.05) is 6.61 Å². The average Bonchev–Trinajstić information content (AvgIpc) is 3.60. The highest BCUT2D eigenvalue weighted by molar-refractivity contribution is 5.72. The summed E-state index contributed by atoms with van der Waals surface area (Å²) in [5.74, 6) is -1.17. The van der Waals surface area contributed by atoms with Gasteiger partial charge in [0.15, 0.2) is 0 Å². The SMILES string of the molecule is CCCCCC1OC1COC(=O)C(CCCCC(=O)O)CC1OC1CCCCC. The first-order valence-corrected chi connectivity index (χ1v) is 11.7. The molecule has 0 aromatic carbocycles. The van der Waals surface area contributed by atoms with E-state index in [9.17, 15) is 9.59 Å². The van der Waals surface area contributed by atoms with Gasteiger partial charge in [-0.3, -0.25) is 9.59 Å². The Balaban J connectivity index is 1.69. The van der Waals surface area contributed by atoms with E-state index in [0.717, 1.165) is 25.7 Å². The number of carbonyl (C=O) groups excluding carboxylic acids is 1. The zero-order valence-electron chi connectivity index (χ0n) is 18.3. The molecule has 5 unspecified atom stereocenters. The first-order chi connectivity index (χ1) is 14.0. The Morgan fingerprint density at radius 3 is 2.10 bits per heavy atom. The van der Waals surface area contributed by atoms with Crippen molar-refractivity contribution < 1.29 is 28.9 Å². The maximum Gasteiger partial charge on any atom is 0.309 e. The van der Waals surface area contributed by atoms with Crippen LogP contribution in [-0.2, 0) is 23.8 Å². The highest BCUT2D eigenvalue weighted by atomic mass is 16.6. The molecule has 29 heavy (non-hydrogen) atoms. The number of carboxylic acids is 1. The number of hydrogen-bond acceptors (Lipinski definition) is 5. The van der Waals surface area contributed by atoms with E-state index in [4.69, 9.17) is 19.3 Å². The number of carboxylic acid groups (broad SMARTS) is 1. The van der Waals surface area contributed by atoms with Gasteiger partial charge < -0.3 is 19.3 Å². The molecular weight excluding hydrogens is 372 g/mol. The van der Waals surface area contributed by atoms with Crippen molar-refractivity contribution in [3.8, 4) is 0 Å². The molecular formula is C23H40O6. The van der Waals surface area contributed by atoms with Gasteiger partial charge in [0.05, 0.1) is 24.2 Å². The highest BCUT2D eigenvalue weighted by Crippen LogP contribution is 2.35. The van der Waals surface area contributed by atoms with Gasteiger partial charge in [0, 0.05) is 6.42 Å². The quantitative estimate of drug-likeness (QED) is 0.196. The molecule has 2 aliphatic heterocycles. The third-order valence-corrected chi connectivity index (χ3v) is 5.99. The molecule has 2 saturated heterocycles. The van der Waals surface area contributed by atoms with Crippen LogP contribution in [0.4, 0.5) is 0 Å². The topological polar surface area (TPSA) is 88.7 Å². The summed E-state index contributed by atoms with van der Waals surface area (Å²) >= 11 is 0. The predicted octanol–water partition coefficient (Wildman–Crippen LogP) is 4.88. The molecule has 0 bridgehead atoms. The molecule has 2 heterocycles. The lowest BCUT2D eigenvalue weighted by molar-refractivity contribution is -0.149. The van der Waals surface area contributed by atoms with Crippen molar-refractivity contribution >= 4 is 11.9 Å². The maximum absolute atomic E-state index is 12.7. The Hall–Kier alpha value is -1.14. The van der Waals surface area contributed by atoms with Crippen molar-refractivity contribution in [1.82, 2.24) is 0 Å². The van der Waals surface area contributed by atoms with Crippen molar-refractivity contribution in [2.45, 2.75) is 122 Å². The average molecular weight is 413 g/mol. The first kappa shape index (κ1) is 24.1. The fraction of sp³-hybridized carbons (Fsp3) is 0.913. The Morgan fingerprint density at radius 1 is 0.862 bits per heavy atom.